The maximum absolute atomic E-state index is 11.6. The third-order valence-corrected chi connectivity index (χ3v) is 5.11. The van der Waals surface area contributed by atoms with Gasteiger partial charge >= 0.3 is 0 Å². The Hall–Kier alpha value is -3.48. The number of hydrogen-bond acceptors (Lipinski definition) is 5. The van der Waals surface area contributed by atoms with Crippen LogP contribution in [0.1, 0.15) is 17.7 Å². The SMILES string of the molecule is O=C1CCN(c2ccc3ncc(Cc4ccc5ncccc5c4)n3n2)CCN1. The minimum absolute atomic E-state index is 0.0951. The van der Waals surface area contributed by atoms with Gasteiger partial charge in [-0.3, -0.25) is 9.78 Å². The van der Waals surface area contributed by atoms with E-state index in [0.717, 1.165) is 41.0 Å². The van der Waals surface area contributed by atoms with Gasteiger partial charge in [0.25, 0.3) is 0 Å². The van der Waals surface area contributed by atoms with E-state index in [9.17, 15) is 4.79 Å². The first-order chi connectivity index (χ1) is 13.8. The van der Waals surface area contributed by atoms with E-state index in [4.69, 9.17) is 5.10 Å². The number of imidazole rings is 1. The summed E-state index contributed by atoms with van der Waals surface area (Å²) in [6.07, 6.45) is 4.92. The monoisotopic (exact) mass is 372 g/mol. The molecule has 7 nitrogen and oxygen atoms in total. The molecule has 1 amide bonds. The smallest absolute Gasteiger partial charge is 0.221 e. The van der Waals surface area contributed by atoms with Gasteiger partial charge in [0.1, 0.15) is 5.82 Å². The molecular weight excluding hydrogens is 352 g/mol. The standard InChI is InChI=1S/C21H20N6O/c28-21-7-10-26(11-9-23-21)20-6-5-19-24-14-17(27(19)25-20)13-15-3-4-18-16(12-15)2-1-8-22-18/h1-6,8,12,14H,7,9-11,13H2,(H,23,28). The Balaban J connectivity index is 1.46. The van der Waals surface area contributed by atoms with Crippen LogP contribution in [-0.4, -0.2) is 45.1 Å². The molecule has 0 bridgehead atoms. The molecule has 0 aliphatic carbocycles. The van der Waals surface area contributed by atoms with E-state index in [1.165, 1.54) is 5.56 Å². The molecule has 1 fully saturated rings. The van der Waals surface area contributed by atoms with Gasteiger partial charge in [-0.1, -0.05) is 12.1 Å². The molecule has 4 heterocycles. The number of aromatic nitrogens is 4. The van der Waals surface area contributed by atoms with Gasteiger partial charge in [-0.05, 0) is 35.9 Å². The van der Waals surface area contributed by atoms with Crippen LogP contribution in [-0.2, 0) is 11.2 Å². The van der Waals surface area contributed by atoms with Gasteiger partial charge in [-0.2, -0.15) is 0 Å². The van der Waals surface area contributed by atoms with Crippen molar-refractivity contribution in [3.63, 3.8) is 0 Å². The number of rotatable bonds is 3. The zero-order chi connectivity index (χ0) is 18.9. The van der Waals surface area contributed by atoms with Crippen LogP contribution in [0, 0.1) is 0 Å². The normalized spacial score (nSPS) is 15.0. The molecule has 7 heteroatoms. The molecule has 28 heavy (non-hydrogen) atoms. The second-order valence-electron chi connectivity index (χ2n) is 7.01. The molecular formula is C21H20N6O. The highest BCUT2D eigenvalue weighted by molar-refractivity contribution is 5.79. The van der Waals surface area contributed by atoms with Crippen molar-refractivity contribution in [2.45, 2.75) is 12.8 Å². The van der Waals surface area contributed by atoms with Crippen molar-refractivity contribution in [3.8, 4) is 0 Å². The number of benzene rings is 1. The van der Waals surface area contributed by atoms with E-state index < -0.39 is 0 Å². The fourth-order valence-electron chi connectivity index (χ4n) is 3.64. The van der Waals surface area contributed by atoms with E-state index in [0.29, 0.717) is 19.5 Å². The van der Waals surface area contributed by atoms with Crippen LogP contribution in [0.4, 0.5) is 5.82 Å². The van der Waals surface area contributed by atoms with Gasteiger partial charge in [0.05, 0.1) is 17.4 Å². The quantitative estimate of drug-likeness (QED) is 0.597. The Labute approximate surface area is 162 Å². The van der Waals surface area contributed by atoms with Crippen LogP contribution in [0.25, 0.3) is 16.6 Å². The summed E-state index contributed by atoms with van der Waals surface area (Å²) in [5, 5.41) is 8.84. The van der Waals surface area contributed by atoms with E-state index in [1.807, 2.05) is 41.2 Å². The van der Waals surface area contributed by atoms with Crippen molar-refractivity contribution in [2.24, 2.45) is 0 Å². The molecule has 1 aromatic carbocycles. The number of fused-ring (bicyclic) bond motifs is 2. The Kier molecular flexibility index (Phi) is 4.12. The van der Waals surface area contributed by atoms with Crippen LogP contribution in [0.15, 0.2) is 54.9 Å². The molecule has 0 atom stereocenters. The number of nitrogens with zero attached hydrogens (tertiary/aromatic N) is 5. The summed E-state index contributed by atoms with van der Waals surface area (Å²) < 4.78 is 1.91. The molecule has 1 aliphatic rings. The summed E-state index contributed by atoms with van der Waals surface area (Å²) in [7, 11) is 0. The third kappa shape index (κ3) is 3.15. The fourth-order valence-corrected chi connectivity index (χ4v) is 3.64. The van der Waals surface area contributed by atoms with Crippen molar-refractivity contribution in [1.29, 1.82) is 0 Å². The predicted octanol–water partition coefficient (Wildman–Crippen LogP) is 2.19. The number of nitrogens with one attached hydrogen (secondary N) is 1. The number of hydrogen-bond donors (Lipinski definition) is 1. The topological polar surface area (TPSA) is 75.4 Å². The highest BCUT2D eigenvalue weighted by atomic mass is 16.1. The number of pyridine rings is 1. The zero-order valence-electron chi connectivity index (χ0n) is 15.4. The maximum Gasteiger partial charge on any atom is 0.221 e. The van der Waals surface area contributed by atoms with E-state index in [-0.39, 0.29) is 5.91 Å². The Morgan fingerprint density at radius 3 is 3.00 bits per heavy atom. The summed E-state index contributed by atoms with van der Waals surface area (Å²) >= 11 is 0. The van der Waals surface area contributed by atoms with Crippen molar-refractivity contribution in [2.75, 3.05) is 24.5 Å². The van der Waals surface area contributed by atoms with Crippen LogP contribution in [0.5, 0.6) is 0 Å². The lowest BCUT2D eigenvalue weighted by Crippen LogP contribution is -2.29. The molecule has 0 spiro atoms. The lowest BCUT2D eigenvalue weighted by Gasteiger charge is -2.20. The van der Waals surface area contributed by atoms with Crippen LogP contribution in [0.3, 0.4) is 0 Å². The molecule has 5 rings (SSSR count). The number of anilines is 1. The fraction of sp³-hybridized carbons (Fsp3) is 0.238. The highest BCUT2D eigenvalue weighted by Crippen LogP contribution is 2.19. The second-order valence-corrected chi connectivity index (χ2v) is 7.01. The predicted molar refractivity (Wildman–Crippen MR) is 107 cm³/mol. The molecule has 1 saturated heterocycles. The molecule has 0 radical (unpaired) electrons. The molecule has 1 aliphatic heterocycles. The van der Waals surface area contributed by atoms with Crippen molar-refractivity contribution in [1.82, 2.24) is 24.9 Å². The Bertz CT molecular complexity index is 1170. The van der Waals surface area contributed by atoms with E-state index in [1.54, 1.807) is 0 Å². The van der Waals surface area contributed by atoms with Crippen molar-refractivity contribution >= 4 is 28.3 Å². The molecule has 0 saturated carbocycles. The molecule has 0 unspecified atom stereocenters. The van der Waals surface area contributed by atoms with Gasteiger partial charge in [0, 0.05) is 44.1 Å². The minimum atomic E-state index is 0.0951. The number of carbonyl (C=O) groups is 1. The average Bonchev–Trinajstić information content (AvgIpc) is 2.98. The first-order valence-electron chi connectivity index (χ1n) is 9.45. The minimum Gasteiger partial charge on any atom is -0.354 e. The molecule has 140 valence electrons. The summed E-state index contributed by atoms with van der Waals surface area (Å²) in [6, 6.07) is 14.3. The first-order valence-corrected chi connectivity index (χ1v) is 9.45. The number of amides is 1. The third-order valence-electron chi connectivity index (χ3n) is 5.11. The molecule has 3 aromatic heterocycles. The van der Waals surface area contributed by atoms with Crippen LogP contribution in [0.2, 0.25) is 0 Å². The second kappa shape index (κ2) is 6.92. The lowest BCUT2D eigenvalue weighted by molar-refractivity contribution is -0.120. The largest absolute Gasteiger partial charge is 0.354 e. The van der Waals surface area contributed by atoms with Crippen molar-refractivity contribution < 1.29 is 4.79 Å². The number of carbonyl (C=O) groups excluding carboxylic acids is 1. The van der Waals surface area contributed by atoms with Crippen LogP contribution >= 0.6 is 0 Å². The zero-order valence-corrected chi connectivity index (χ0v) is 15.4. The Morgan fingerprint density at radius 2 is 2.04 bits per heavy atom. The summed E-state index contributed by atoms with van der Waals surface area (Å²) in [5.74, 6) is 0.962. The maximum atomic E-state index is 11.6. The van der Waals surface area contributed by atoms with E-state index in [2.05, 4.69) is 38.4 Å². The van der Waals surface area contributed by atoms with Gasteiger partial charge < -0.3 is 10.2 Å². The summed E-state index contributed by atoms with van der Waals surface area (Å²) in [6.45, 7) is 2.07. The lowest BCUT2D eigenvalue weighted by atomic mass is 10.1. The van der Waals surface area contributed by atoms with Gasteiger partial charge in [-0.15, -0.1) is 5.10 Å². The molecule has 1 N–H and O–H groups in total. The van der Waals surface area contributed by atoms with E-state index >= 15 is 0 Å². The summed E-state index contributed by atoms with van der Waals surface area (Å²) in [4.78, 5) is 22.6. The first kappa shape index (κ1) is 16.7. The summed E-state index contributed by atoms with van der Waals surface area (Å²) in [5.41, 5.74) is 4.04. The van der Waals surface area contributed by atoms with Gasteiger partial charge in [0.2, 0.25) is 5.91 Å². The Morgan fingerprint density at radius 1 is 1.07 bits per heavy atom. The van der Waals surface area contributed by atoms with Gasteiger partial charge in [-0.25, -0.2) is 9.50 Å². The van der Waals surface area contributed by atoms with Crippen LogP contribution < -0.4 is 10.2 Å². The highest BCUT2D eigenvalue weighted by Gasteiger charge is 2.16. The van der Waals surface area contributed by atoms with Gasteiger partial charge in [0.15, 0.2) is 5.65 Å². The average molecular weight is 372 g/mol. The van der Waals surface area contributed by atoms with Crippen molar-refractivity contribution in [3.05, 3.63) is 66.1 Å². The molecule has 4 aromatic rings.